The second-order valence-corrected chi connectivity index (χ2v) is 9.05. The zero-order valence-electron chi connectivity index (χ0n) is 17.8. The summed E-state index contributed by atoms with van der Waals surface area (Å²) < 4.78 is 0. The SMILES string of the molecule is Cc1cccc2c1N(C(=O)Cc1ccccc1)C(C)(C)C[C@@]2(C)c1ccccc1. The lowest BCUT2D eigenvalue weighted by Gasteiger charge is -2.52. The van der Waals surface area contributed by atoms with Gasteiger partial charge in [0.2, 0.25) is 5.91 Å². The van der Waals surface area contributed by atoms with Crippen LogP contribution in [0, 0.1) is 6.92 Å². The minimum Gasteiger partial charge on any atom is -0.306 e. The monoisotopic (exact) mass is 383 g/mol. The first-order valence-corrected chi connectivity index (χ1v) is 10.4. The molecule has 0 aromatic heterocycles. The van der Waals surface area contributed by atoms with E-state index in [0.717, 1.165) is 23.2 Å². The van der Waals surface area contributed by atoms with Crippen LogP contribution < -0.4 is 4.90 Å². The summed E-state index contributed by atoms with van der Waals surface area (Å²) in [6, 6.07) is 27.2. The van der Waals surface area contributed by atoms with Crippen molar-refractivity contribution in [1.82, 2.24) is 0 Å². The zero-order valence-corrected chi connectivity index (χ0v) is 17.8. The Balaban J connectivity index is 1.85. The van der Waals surface area contributed by atoms with Crippen molar-refractivity contribution in [1.29, 1.82) is 0 Å². The number of nitrogens with zero attached hydrogens (tertiary/aromatic N) is 1. The summed E-state index contributed by atoms with van der Waals surface area (Å²) in [6.07, 6.45) is 1.29. The highest BCUT2D eigenvalue weighted by Gasteiger charge is 2.48. The Morgan fingerprint density at radius 2 is 1.48 bits per heavy atom. The van der Waals surface area contributed by atoms with Crippen LogP contribution in [0.2, 0.25) is 0 Å². The van der Waals surface area contributed by atoms with Crippen molar-refractivity contribution in [3.8, 4) is 0 Å². The fourth-order valence-corrected chi connectivity index (χ4v) is 5.12. The summed E-state index contributed by atoms with van der Waals surface area (Å²) in [5.41, 5.74) is 5.39. The number of carbonyl (C=O) groups excluding carboxylic acids is 1. The lowest BCUT2D eigenvalue weighted by Crippen LogP contribution is -2.56. The molecule has 0 unspecified atom stereocenters. The minimum absolute atomic E-state index is 0.143. The highest BCUT2D eigenvalue weighted by molar-refractivity contribution is 5.98. The lowest BCUT2D eigenvalue weighted by molar-refractivity contribution is -0.119. The van der Waals surface area contributed by atoms with E-state index in [4.69, 9.17) is 0 Å². The summed E-state index contributed by atoms with van der Waals surface area (Å²) in [4.78, 5) is 15.6. The number of anilines is 1. The second kappa shape index (κ2) is 7.18. The van der Waals surface area contributed by atoms with Crippen molar-refractivity contribution in [2.45, 2.75) is 51.5 Å². The molecule has 2 heteroatoms. The number of benzene rings is 3. The molecule has 3 aromatic rings. The van der Waals surface area contributed by atoms with Gasteiger partial charge in [0.25, 0.3) is 0 Å². The molecule has 0 saturated carbocycles. The van der Waals surface area contributed by atoms with Crippen molar-refractivity contribution in [2.24, 2.45) is 0 Å². The van der Waals surface area contributed by atoms with E-state index in [1.807, 2.05) is 30.3 Å². The van der Waals surface area contributed by atoms with Gasteiger partial charge in [0.05, 0.1) is 12.1 Å². The van der Waals surface area contributed by atoms with E-state index in [1.165, 1.54) is 11.1 Å². The Labute approximate surface area is 174 Å². The molecule has 1 aliphatic heterocycles. The van der Waals surface area contributed by atoms with Gasteiger partial charge < -0.3 is 4.90 Å². The zero-order chi connectivity index (χ0) is 20.6. The van der Waals surface area contributed by atoms with E-state index < -0.39 is 0 Å². The minimum atomic E-state index is -0.296. The van der Waals surface area contributed by atoms with E-state index in [9.17, 15) is 4.79 Å². The molecule has 0 spiro atoms. The summed E-state index contributed by atoms with van der Waals surface area (Å²) in [5.74, 6) is 0.159. The predicted octanol–water partition coefficient (Wildman–Crippen LogP) is 6.06. The Hall–Kier alpha value is -2.87. The number of fused-ring (bicyclic) bond motifs is 1. The Bertz CT molecular complexity index is 1020. The molecule has 29 heavy (non-hydrogen) atoms. The molecule has 4 rings (SSSR count). The summed E-state index contributed by atoms with van der Waals surface area (Å²) in [6.45, 7) is 8.84. The van der Waals surface area contributed by atoms with Crippen LogP contribution >= 0.6 is 0 Å². The van der Waals surface area contributed by atoms with Gasteiger partial charge in [-0.15, -0.1) is 0 Å². The Morgan fingerprint density at radius 1 is 0.862 bits per heavy atom. The molecule has 3 aromatic carbocycles. The first-order chi connectivity index (χ1) is 13.8. The third kappa shape index (κ3) is 3.37. The fraction of sp³-hybridized carbons (Fsp3) is 0.296. The molecule has 0 bridgehead atoms. The number of rotatable bonds is 3. The van der Waals surface area contributed by atoms with Crippen LogP contribution in [-0.4, -0.2) is 11.4 Å². The van der Waals surface area contributed by atoms with Gasteiger partial charge in [0.1, 0.15) is 0 Å². The normalized spacial score (nSPS) is 20.2. The first kappa shape index (κ1) is 19.4. The van der Waals surface area contributed by atoms with E-state index in [0.29, 0.717) is 6.42 Å². The van der Waals surface area contributed by atoms with Crippen LogP contribution in [0.25, 0.3) is 0 Å². The highest BCUT2D eigenvalue weighted by Crippen LogP contribution is 2.51. The molecule has 1 atom stereocenters. The van der Waals surface area contributed by atoms with Gasteiger partial charge in [-0.05, 0) is 49.4 Å². The third-order valence-electron chi connectivity index (χ3n) is 6.31. The number of carbonyl (C=O) groups is 1. The maximum Gasteiger partial charge on any atom is 0.231 e. The fourth-order valence-electron chi connectivity index (χ4n) is 5.12. The molecular formula is C27H29NO. The average molecular weight is 384 g/mol. The van der Waals surface area contributed by atoms with Crippen LogP contribution in [0.5, 0.6) is 0 Å². The lowest BCUT2D eigenvalue weighted by atomic mass is 9.64. The van der Waals surface area contributed by atoms with Crippen molar-refractivity contribution in [2.75, 3.05) is 4.90 Å². The molecule has 1 aliphatic rings. The van der Waals surface area contributed by atoms with Gasteiger partial charge in [-0.2, -0.15) is 0 Å². The van der Waals surface area contributed by atoms with Crippen LogP contribution in [0.4, 0.5) is 5.69 Å². The number of hydrogen-bond acceptors (Lipinski definition) is 1. The second-order valence-electron chi connectivity index (χ2n) is 9.05. The van der Waals surface area contributed by atoms with E-state index in [1.54, 1.807) is 0 Å². The maximum atomic E-state index is 13.6. The summed E-state index contributed by atoms with van der Waals surface area (Å²) >= 11 is 0. The number of aryl methyl sites for hydroxylation is 1. The quantitative estimate of drug-likeness (QED) is 0.538. The highest BCUT2D eigenvalue weighted by atomic mass is 16.2. The van der Waals surface area contributed by atoms with Crippen molar-refractivity contribution in [3.05, 3.63) is 101 Å². The van der Waals surface area contributed by atoms with Gasteiger partial charge in [0.15, 0.2) is 0 Å². The maximum absolute atomic E-state index is 13.6. The van der Waals surface area contributed by atoms with Crippen molar-refractivity contribution >= 4 is 11.6 Å². The van der Waals surface area contributed by atoms with Crippen LogP contribution in [-0.2, 0) is 16.6 Å². The third-order valence-corrected chi connectivity index (χ3v) is 6.31. The molecule has 2 nitrogen and oxygen atoms in total. The molecule has 1 heterocycles. The molecule has 0 fully saturated rings. The van der Waals surface area contributed by atoms with Gasteiger partial charge >= 0.3 is 0 Å². The topological polar surface area (TPSA) is 20.3 Å². The standard InChI is InChI=1S/C27H29NO/c1-20-12-11-17-23-25(20)28(24(29)18-21-13-7-5-8-14-21)26(2,3)19-27(23,4)22-15-9-6-10-16-22/h5-17H,18-19H2,1-4H3/t27-/m0/s1. The van der Waals surface area contributed by atoms with Crippen molar-refractivity contribution < 1.29 is 4.79 Å². The van der Waals surface area contributed by atoms with Gasteiger partial charge in [-0.25, -0.2) is 0 Å². The number of para-hydroxylation sites is 1. The van der Waals surface area contributed by atoms with Gasteiger partial charge in [-0.1, -0.05) is 85.8 Å². The largest absolute Gasteiger partial charge is 0.306 e. The summed E-state index contributed by atoms with van der Waals surface area (Å²) in [5, 5.41) is 0. The molecule has 0 radical (unpaired) electrons. The molecular weight excluding hydrogens is 354 g/mol. The van der Waals surface area contributed by atoms with Gasteiger partial charge in [-0.3, -0.25) is 4.79 Å². The van der Waals surface area contributed by atoms with Crippen LogP contribution in [0.15, 0.2) is 78.9 Å². The van der Waals surface area contributed by atoms with E-state index in [2.05, 4.69) is 81.1 Å². The van der Waals surface area contributed by atoms with E-state index in [-0.39, 0.29) is 16.9 Å². The van der Waals surface area contributed by atoms with Crippen molar-refractivity contribution in [3.63, 3.8) is 0 Å². The predicted molar refractivity (Wildman–Crippen MR) is 120 cm³/mol. The Kier molecular flexibility index (Phi) is 4.82. The van der Waals surface area contributed by atoms with E-state index >= 15 is 0 Å². The summed E-state index contributed by atoms with van der Waals surface area (Å²) in [7, 11) is 0. The molecule has 0 saturated heterocycles. The Morgan fingerprint density at radius 3 is 2.14 bits per heavy atom. The number of amides is 1. The molecule has 0 aliphatic carbocycles. The smallest absolute Gasteiger partial charge is 0.231 e. The first-order valence-electron chi connectivity index (χ1n) is 10.4. The van der Waals surface area contributed by atoms with Crippen LogP contribution in [0.3, 0.4) is 0 Å². The van der Waals surface area contributed by atoms with Gasteiger partial charge in [0, 0.05) is 11.0 Å². The van der Waals surface area contributed by atoms with Crippen LogP contribution in [0.1, 0.15) is 49.4 Å². The molecule has 1 amide bonds. The average Bonchev–Trinajstić information content (AvgIpc) is 2.69. The molecule has 148 valence electrons. The molecule has 0 N–H and O–H groups in total. The number of hydrogen-bond donors (Lipinski definition) is 0.